The molecular weight excluding hydrogens is 220 g/mol. The monoisotopic (exact) mass is 244 g/mol. The zero-order valence-corrected chi connectivity index (χ0v) is 11.6. The quantitative estimate of drug-likeness (QED) is 0.799. The molecular formula is C16H24N2. The molecule has 1 aliphatic carbocycles. The Balaban J connectivity index is 2.20. The van der Waals surface area contributed by atoms with Crippen LogP contribution in [-0.4, -0.2) is 4.98 Å². The van der Waals surface area contributed by atoms with Crippen LogP contribution in [0.4, 0.5) is 0 Å². The molecule has 0 aliphatic heterocycles. The van der Waals surface area contributed by atoms with Gasteiger partial charge in [-0.25, -0.2) is 0 Å². The highest BCUT2D eigenvalue weighted by atomic mass is 14.7. The second kappa shape index (κ2) is 6.14. The van der Waals surface area contributed by atoms with Crippen molar-refractivity contribution in [3.05, 3.63) is 40.7 Å². The fourth-order valence-corrected chi connectivity index (χ4v) is 2.76. The van der Waals surface area contributed by atoms with Gasteiger partial charge in [-0.1, -0.05) is 24.5 Å². The van der Waals surface area contributed by atoms with Crippen LogP contribution in [0.1, 0.15) is 61.5 Å². The number of hydrogen-bond acceptors (Lipinski definition) is 2. The summed E-state index contributed by atoms with van der Waals surface area (Å²) in [7, 11) is 0. The summed E-state index contributed by atoms with van der Waals surface area (Å²) in [6.45, 7) is 4.07. The van der Waals surface area contributed by atoms with Gasteiger partial charge in [0.05, 0.1) is 6.04 Å². The van der Waals surface area contributed by atoms with Crippen molar-refractivity contribution in [3.63, 3.8) is 0 Å². The van der Waals surface area contributed by atoms with E-state index >= 15 is 0 Å². The minimum absolute atomic E-state index is 0.0588. The molecule has 2 heteroatoms. The molecule has 0 saturated heterocycles. The minimum atomic E-state index is 0.0588. The highest BCUT2D eigenvalue weighted by Crippen LogP contribution is 2.27. The number of nitrogens with two attached hydrogens (primary N) is 1. The molecule has 98 valence electrons. The average Bonchev–Trinajstić information content (AvgIpc) is 2.26. The van der Waals surface area contributed by atoms with E-state index in [2.05, 4.69) is 23.2 Å². The standard InChI is InChI=1S/C16H24N2/c1-12-10-15(11-13(2)18-12)16(17)14-8-6-4-3-5-7-9-14/h8,10-11,16H,3-7,9,17H2,1-2H3/b14-8+. The molecule has 1 aliphatic rings. The Morgan fingerprint density at radius 2 is 1.72 bits per heavy atom. The first-order valence-electron chi connectivity index (χ1n) is 7.06. The van der Waals surface area contributed by atoms with Gasteiger partial charge in [-0.05, 0) is 57.2 Å². The van der Waals surface area contributed by atoms with Crippen molar-refractivity contribution in [1.82, 2.24) is 4.98 Å². The summed E-state index contributed by atoms with van der Waals surface area (Å²) in [5, 5.41) is 0. The number of nitrogens with zero attached hydrogens (tertiary/aromatic N) is 1. The van der Waals surface area contributed by atoms with Gasteiger partial charge in [0.2, 0.25) is 0 Å². The van der Waals surface area contributed by atoms with Crippen LogP contribution >= 0.6 is 0 Å². The summed E-state index contributed by atoms with van der Waals surface area (Å²) in [6.07, 6.45) is 10.0. The van der Waals surface area contributed by atoms with Crippen molar-refractivity contribution in [2.45, 2.75) is 58.4 Å². The lowest BCUT2D eigenvalue weighted by atomic mass is 9.91. The number of allylic oxidation sites excluding steroid dienone is 1. The molecule has 18 heavy (non-hydrogen) atoms. The molecule has 0 aromatic carbocycles. The summed E-state index contributed by atoms with van der Waals surface area (Å²) in [4.78, 5) is 4.42. The number of rotatable bonds is 2. The first-order valence-corrected chi connectivity index (χ1v) is 7.06. The maximum Gasteiger partial charge on any atom is 0.0512 e. The molecule has 1 unspecified atom stereocenters. The van der Waals surface area contributed by atoms with E-state index < -0.39 is 0 Å². The zero-order valence-electron chi connectivity index (χ0n) is 11.6. The fourth-order valence-electron chi connectivity index (χ4n) is 2.76. The molecule has 1 aromatic heterocycles. The number of aromatic nitrogens is 1. The smallest absolute Gasteiger partial charge is 0.0512 e. The van der Waals surface area contributed by atoms with Crippen LogP contribution in [0, 0.1) is 13.8 Å². The largest absolute Gasteiger partial charge is 0.321 e. The van der Waals surface area contributed by atoms with Crippen molar-refractivity contribution >= 4 is 0 Å². The molecule has 0 amide bonds. The normalized spacial score (nSPS) is 21.6. The zero-order chi connectivity index (χ0) is 13.0. The molecule has 2 nitrogen and oxygen atoms in total. The highest BCUT2D eigenvalue weighted by molar-refractivity contribution is 5.30. The second-order valence-corrected chi connectivity index (χ2v) is 5.39. The molecule has 0 spiro atoms. The lowest BCUT2D eigenvalue weighted by Crippen LogP contribution is -2.15. The Bertz CT molecular complexity index is 414. The number of pyridine rings is 1. The van der Waals surface area contributed by atoms with Crippen LogP contribution < -0.4 is 5.73 Å². The van der Waals surface area contributed by atoms with Gasteiger partial charge in [-0.2, -0.15) is 0 Å². The van der Waals surface area contributed by atoms with Crippen molar-refractivity contribution in [2.75, 3.05) is 0 Å². The van der Waals surface area contributed by atoms with E-state index in [1.807, 2.05) is 13.8 Å². The maximum atomic E-state index is 6.43. The Morgan fingerprint density at radius 3 is 2.44 bits per heavy atom. The molecule has 0 bridgehead atoms. The third-order valence-electron chi connectivity index (χ3n) is 3.69. The van der Waals surface area contributed by atoms with Crippen LogP contribution in [-0.2, 0) is 0 Å². The Morgan fingerprint density at radius 1 is 1.06 bits per heavy atom. The molecule has 1 heterocycles. The first-order chi connectivity index (χ1) is 8.66. The van der Waals surface area contributed by atoms with E-state index in [4.69, 9.17) is 5.73 Å². The van der Waals surface area contributed by atoms with Gasteiger partial charge in [0.25, 0.3) is 0 Å². The van der Waals surface area contributed by atoms with Crippen molar-refractivity contribution in [2.24, 2.45) is 5.73 Å². The van der Waals surface area contributed by atoms with E-state index in [-0.39, 0.29) is 6.04 Å². The average molecular weight is 244 g/mol. The maximum absolute atomic E-state index is 6.43. The molecule has 0 radical (unpaired) electrons. The van der Waals surface area contributed by atoms with Crippen molar-refractivity contribution in [3.8, 4) is 0 Å². The Kier molecular flexibility index (Phi) is 4.54. The van der Waals surface area contributed by atoms with Crippen LogP contribution in [0.15, 0.2) is 23.8 Å². The SMILES string of the molecule is Cc1cc(C(N)/C2=C/CCCCCC2)cc(C)n1. The Labute approximate surface area is 110 Å². The summed E-state index contributed by atoms with van der Waals surface area (Å²) >= 11 is 0. The van der Waals surface area contributed by atoms with Crippen LogP contribution in [0.2, 0.25) is 0 Å². The third-order valence-corrected chi connectivity index (χ3v) is 3.69. The van der Waals surface area contributed by atoms with E-state index in [1.54, 1.807) is 0 Å². The van der Waals surface area contributed by atoms with Crippen LogP contribution in [0.3, 0.4) is 0 Å². The molecule has 2 N–H and O–H groups in total. The first kappa shape index (κ1) is 13.3. The van der Waals surface area contributed by atoms with Gasteiger partial charge in [0.15, 0.2) is 0 Å². The molecule has 1 aromatic rings. The van der Waals surface area contributed by atoms with Gasteiger partial charge in [-0.3, -0.25) is 4.98 Å². The van der Waals surface area contributed by atoms with E-state index in [0.717, 1.165) is 17.8 Å². The van der Waals surface area contributed by atoms with Gasteiger partial charge >= 0.3 is 0 Å². The van der Waals surface area contributed by atoms with E-state index in [1.165, 1.54) is 43.2 Å². The summed E-state index contributed by atoms with van der Waals surface area (Å²) in [6, 6.07) is 4.30. The molecule has 0 fully saturated rings. The summed E-state index contributed by atoms with van der Waals surface area (Å²) in [5.74, 6) is 0. The number of aryl methyl sites for hydroxylation is 2. The predicted octanol–water partition coefficient (Wildman–Crippen LogP) is 3.98. The van der Waals surface area contributed by atoms with Crippen LogP contribution in [0.5, 0.6) is 0 Å². The summed E-state index contributed by atoms with van der Waals surface area (Å²) < 4.78 is 0. The van der Waals surface area contributed by atoms with Crippen molar-refractivity contribution in [1.29, 1.82) is 0 Å². The van der Waals surface area contributed by atoms with Gasteiger partial charge in [0, 0.05) is 11.4 Å². The predicted molar refractivity (Wildman–Crippen MR) is 76.4 cm³/mol. The van der Waals surface area contributed by atoms with Gasteiger partial charge in [0.1, 0.15) is 0 Å². The number of hydrogen-bond donors (Lipinski definition) is 1. The minimum Gasteiger partial charge on any atom is -0.321 e. The topological polar surface area (TPSA) is 38.9 Å². The van der Waals surface area contributed by atoms with Crippen molar-refractivity contribution < 1.29 is 0 Å². The lowest BCUT2D eigenvalue weighted by Gasteiger charge is -2.19. The molecule has 2 rings (SSSR count). The van der Waals surface area contributed by atoms with Gasteiger partial charge in [-0.15, -0.1) is 0 Å². The van der Waals surface area contributed by atoms with Gasteiger partial charge < -0.3 is 5.73 Å². The lowest BCUT2D eigenvalue weighted by molar-refractivity contribution is 0.602. The molecule has 0 saturated carbocycles. The highest BCUT2D eigenvalue weighted by Gasteiger charge is 2.13. The fraction of sp³-hybridized carbons (Fsp3) is 0.562. The third kappa shape index (κ3) is 3.42. The van der Waals surface area contributed by atoms with Crippen LogP contribution in [0.25, 0.3) is 0 Å². The second-order valence-electron chi connectivity index (χ2n) is 5.39. The Hall–Kier alpha value is -1.15. The van der Waals surface area contributed by atoms with E-state index in [9.17, 15) is 0 Å². The molecule has 1 atom stereocenters. The van der Waals surface area contributed by atoms with E-state index in [0.29, 0.717) is 0 Å². The summed E-state index contributed by atoms with van der Waals surface area (Å²) in [5.41, 5.74) is 11.2.